The summed E-state index contributed by atoms with van der Waals surface area (Å²) in [6, 6.07) is 12.2. The molecule has 3 aromatic rings. The van der Waals surface area contributed by atoms with Crippen LogP contribution in [0.2, 0.25) is 0 Å². The SMILES string of the molecule is CCOC(=O)c1ccc(NC(=O)NC(C(=O)Nc2nnc(-c3ccc(OC)cc3)s2)C(C)C)cc1. The summed E-state index contributed by atoms with van der Waals surface area (Å²) in [6.45, 7) is 5.65. The van der Waals surface area contributed by atoms with Gasteiger partial charge in [0.15, 0.2) is 0 Å². The Morgan fingerprint density at radius 3 is 2.26 bits per heavy atom. The summed E-state index contributed by atoms with van der Waals surface area (Å²) in [5.41, 5.74) is 1.69. The molecular weight excluding hydrogens is 470 g/mol. The number of aromatic nitrogens is 2. The lowest BCUT2D eigenvalue weighted by Crippen LogP contribution is -2.48. The number of hydrogen-bond acceptors (Lipinski definition) is 8. The third-order valence-electron chi connectivity index (χ3n) is 4.88. The van der Waals surface area contributed by atoms with Gasteiger partial charge in [-0.2, -0.15) is 0 Å². The van der Waals surface area contributed by atoms with Crippen LogP contribution in [-0.2, 0) is 9.53 Å². The van der Waals surface area contributed by atoms with Crippen molar-refractivity contribution in [3.63, 3.8) is 0 Å². The van der Waals surface area contributed by atoms with E-state index in [9.17, 15) is 14.4 Å². The summed E-state index contributed by atoms with van der Waals surface area (Å²) < 4.78 is 10.1. The number of esters is 1. The number of amides is 3. The average molecular weight is 498 g/mol. The molecule has 0 spiro atoms. The molecule has 1 atom stereocenters. The maximum absolute atomic E-state index is 12.9. The Balaban J connectivity index is 1.60. The van der Waals surface area contributed by atoms with E-state index >= 15 is 0 Å². The summed E-state index contributed by atoms with van der Waals surface area (Å²) in [5, 5.41) is 17.2. The Morgan fingerprint density at radius 2 is 1.66 bits per heavy atom. The van der Waals surface area contributed by atoms with E-state index in [-0.39, 0.29) is 12.5 Å². The van der Waals surface area contributed by atoms with Crippen molar-refractivity contribution in [1.82, 2.24) is 15.5 Å². The zero-order valence-corrected chi connectivity index (χ0v) is 20.6. The number of urea groups is 1. The minimum atomic E-state index is -0.817. The number of nitrogens with zero attached hydrogens (tertiary/aromatic N) is 2. The van der Waals surface area contributed by atoms with Gasteiger partial charge in [-0.25, -0.2) is 9.59 Å². The fraction of sp³-hybridized carbons (Fsp3) is 0.292. The van der Waals surface area contributed by atoms with Crippen molar-refractivity contribution in [2.24, 2.45) is 5.92 Å². The van der Waals surface area contributed by atoms with Crippen LogP contribution in [0.25, 0.3) is 10.6 Å². The fourth-order valence-electron chi connectivity index (χ4n) is 3.05. The van der Waals surface area contributed by atoms with Gasteiger partial charge in [-0.05, 0) is 61.4 Å². The largest absolute Gasteiger partial charge is 0.497 e. The van der Waals surface area contributed by atoms with E-state index in [1.54, 1.807) is 38.3 Å². The maximum atomic E-state index is 12.9. The lowest BCUT2D eigenvalue weighted by atomic mass is 10.0. The number of nitrogens with one attached hydrogen (secondary N) is 3. The van der Waals surface area contributed by atoms with Gasteiger partial charge < -0.3 is 20.1 Å². The van der Waals surface area contributed by atoms with Gasteiger partial charge in [-0.15, -0.1) is 10.2 Å². The van der Waals surface area contributed by atoms with Crippen LogP contribution in [0.3, 0.4) is 0 Å². The van der Waals surface area contributed by atoms with Crippen molar-refractivity contribution in [2.75, 3.05) is 24.4 Å². The van der Waals surface area contributed by atoms with Gasteiger partial charge in [0.2, 0.25) is 11.0 Å². The molecule has 3 N–H and O–H groups in total. The van der Waals surface area contributed by atoms with Gasteiger partial charge in [-0.1, -0.05) is 25.2 Å². The summed E-state index contributed by atoms with van der Waals surface area (Å²) in [4.78, 5) is 37.1. The molecule has 3 amide bonds. The predicted octanol–water partition coefficient (Wildman–Crippen LogP) is 4.18. The van der Waals surface area contributed by atoms with E-state index in [0.717, 1.165) is 11.3 Å². The number of anilines is 2. The molecule has 1 aromatic heterocycles. The van der Waals surface area contributed by atoms with Crippen LogP contribution in [0.4, 0.5) is 15.6 Å². The molecule has 35 heavy (non-hydrogen) atoms. The molecule has 0 aliphatic carbocycles. The fourth-order valence-corrected chi connectivity index (χ4v) is 3.81. The molecule has 3 rings (SSSR count). The van der Waals surface area contributed by atoms with E-state index in [4.69, 9.17) is 9.47 Å². The number of carbonyl (C=O) groups excluding carboxylic acids is 3. The van der Waals surface area contributed by atoms with Gasteiger partial charge in [0.05, 0.1) is 19.3 Å². The normalized spacial score (nSPS) is 11.5. The highest BCUT2D eigenvalue weighted by molar-refractivity contribution is 7.18. The van der Waals surface area contributed by atoms with Crippen LogP contribution in [0.15, 0.2) is 48.5 Å². The van der Waals surface area contributed by atoms with Crippen molar-refractivity contribution >= 4 is 40.1 Å². The van der Waals surface area contributed by atoms with Crippen LogP contribution in [0.5, 0.6) is 5.75 Å². The minimum absolute atomic E-state index is 0.194. The van der Waals surface area contributed by atoms with E-state index in [1.165, 1.54) is 11.3 Å². The summed E-state index contributed by atoms with van der Waals surface area (Å²) in [5.74, 6) is -0.316. The minimum Gasteiger partial charge on any atom is -0.497 e. The molecule has 0 saturated carbocycles. The predicted molar refractivity (Wildman–Crippen MR) is 134 cm³/mol. The molecule has 10 nitrogen and oxygen atoms in total. The highest BCUT2D eigenvalue weighted by Gasteiger charge is 2.25. The van der Waals surface area contributed by atoms with Gasteiger partial charge in [-0.3, -0.25) is 10.1 Å². The van der Waals surface area contributed by atoms with Crippen molar-refractivity contribution in [3.05, 3.63) is 54.1 Å². The van der Waals surface area contributed by atoms with Crippen molar-refractivity contribution in [1.29, 1.82) is 0 Å². The molecule has 2 aromatic carbocycles. The highest BCUT2D eigenvalue weighted by atomic mass is 32.1. The molecular formula is C24H27N5O5S. The number of hydrogen-bond donors (Lipinski definition) is 3. The first kappa shape index (κ1) is 25.6. The second-order valence-electron chi connectivity index (χ2n) is 7.75. The van der Waals surface area contributed by atoms with Crippen molar-refractivity contribution in [3.8, 4) is 16.3 Å². The monoisotopic (exact) mass is 497 g/mol. The second kappa shape index (κ2) is 11.9. The first-order valence-corrected chi connectivity index (χ1v) is 11.8. The smallest absolute Gasteiger partial charge is 0.338 e. The highest BCUT2D eigenvalue weighted by Crippen LogP contribution is 2.28. The standard InChI is InChI=1S/C24H27N5O5S/c1-5-34-22(31)16-6-10-17(11-7-16)25-23(32)26-19(14(2)3)20(30)27-24-29-28-21(35-24)15-8-12-18(33-4)13-9-15/h6-14,19H,5H2,1-4H3,(H2,25,26,32)(H,27,29,30). The number of rotatable bonds is 9. The molecule has 0 aliphatic heterocycles. The lowest BCUT2D eigenvalue weighted by molar-refractivity contribution is -0.118. The van der Waals surface area contributed by atoms with Crippen molar-refractivity contribution in [2.45, 2.75) is 26.8 Å². The molecule has 0 aliphatic rings. The van der Waals surface area contributed by atoms with Crippen LogP contribution in [0, 0.1) is 5.92 Å². The topological polar surface area (TPSA) is 132 Å². The van der Waals surface area contributed by atoms with Gasteiger partial charge in [0, 0.05) is 11.3 Å². The molecule has 1 unspecified atom stereocenters. The molecule has 11 heteroatoms. The molecule has 1 heterocycles. The van der Waals surface area contributed by atoms with E-state index in [0.29, 0.717) is 21.4 Å². The van der Waals surface area contributed by atoms with Gasteiger partial charge in [0.1, 0.15) is 16.8 Å². The molecule has 0 bridgehead atoms. The quantitative estimate of drug-likeness (QED) is 0.378. The van der Waals surface area contributed by atoms with Crippen LogP contribution >= 0.6 is 11.3 Å². The average Bonchev–Trinajstić information content (AvgIpc) is 3.31. The van der Waals surface area contributed by atoms with Crippen LogP contribution in [0.1, 0.15) is 31.1 Å². The second-order valence-corrected chi connectivity index (χ2v) is 8.73. The zero-order valence-electron chi connectivity index (χ0n) is 19.8. The summed E-state index contributed by atoms with van der Waals surface area (Å²) >= 11 is 1.22. The third-order valence-corrected chi connectivity index (χ3v) is 5.77. The first-order chi connectivity index (χ1) is 16.8. The number of benzene rings is 2. The Bertz CT molecular complexity index is 1160. The Labute approximate surface area is 207 Å². The first-order valence-electron chi connectivity index (χ1n) is 10.9. The third kappa shape index (κ3) is 7.00. The number of carbonyl (C=O) groups is 3. The number of methoxy groups -OCH3 is 1. The van der Waals surface area contributed by atoms with Crippen LogP contribution < -0.4 is 20.7 Å². The Morgan fingerprint density at radius 1 is 0.971 bits per heavy atom. The molecule has 0 fully saturated rings. The molecule has 184 valence electrons. The summed E-state index contributed by atoms with van der Waals surface area (Å²) in [7, 11) is 1.59. The van der Waals surface area contributed by atoms with E-state index < -0.39 is 23.9 Å². The maximum Gasteiger partial charge on any atom is 0.338 e. The molecule has 0 saturated heterocycles. The van der Waals surface area contributed by atoms with Gasteiger partial charge in [0.25, 0.3) is 0 Å². The zero-order chi connectivity index (χ0) is 25.4. The van der Waals surface area contributed by atoms with Crippen molar-refractivity contribution < 1.29 is 23.9 Å². The lowest BCUT2D eigenvalue weighted by Gasteiger charge is -2.21. The Hall–Kier alpha value is -3.99. The van der Waals surface area contributed by atoms with Gasteiger partial charge >= 0.3 is 12.0 Å². The van der Waals surface area contributed by atoms with E-state index in [2.05, 4.69) is 26.1 Å². The Kier molecular flexibility index (Phi) is 8.74. The summed E-state index contributed by atoms with van der Waals surface area (Å²) in [6.07, 6.45) is 0. The van der Waals surface area contributed by atoms with Crippen LogP contribution in [-0.4, -0.2) is 47.9 Å². The number of ether oxygens (including phenoxy) is 2. The molecule has 0 radical (unpaired) electrons. The van der Waals surface area contributed by atoms with E-state index in [1.807, 2.05) is 38.1 Å².